The van der Waals surface area contributed by atoms with Crippen molar-refractivity contribution in [3.63, 3.8) is 0 Å². The molecule has 188 valence electrons. The van der Waals surface area contributed by atoms with Crippen molar-refractivity contribution in [2.75, 3.05) is 28.4 Å². The molecule has 4 N–H and O–H groups in total. The van der Waals surface area contributed by atoms with Crippen molar-refractivity contribution in [2.45, 2.75) is 75.3 Å². The third-order valence-corrected chi connectivity index (χ3v) is 7.31. The van der Waals surface area contributed by atoms with Gasteiger partial charge in [0.15, 0.2) is 23.0 Å². The van der Waals surface area contributed by atoms with Crippen LogP contribution in [0.15, 0.2) is 36.4 Å². The van der Waals surface area contributed by atoms with Crippen molar-refractivity contribution in [1.82, 2.24) is 0 Å². The zero-order valence-corrected chi connectivity index (χ0v) is 21.2. The van der Waals surface area contributed by atoms with E-state index in [0.29, 0.717) is 11.8 Å². The van der Waals surface area contributed by atoms with E-state index < -0.39 is 0 Å². The number of rotatable bonds is 6. The van der Waals surface area contributed by atoms with Gasteiger partial charge in [-0.1, -0.05) is 37.8 Å². The predicted molar refractivity (Wildman–Crippen MR) is 137 cm³/mol. The molecule has 0 spiro atoms. The van der Waals surface area contributed by atoms with Crippen LogP contribution < -0.4 is 30.4 Å². The van der Waals surface area contributed by atoms with Crippen LogP contribution in [0.25, 0.3) is 0 Å². The third kappa shape index (κ3) is 6.36. The lowest BCUT2D eigenvalue weighted by molar-refractivity contribution is 0.350. The standard InChI is InChI=1S/2C14H21NO2/c2*1-16-13-8-7-10(9-14(13)17-2)11-5-3-4-6-12(11)15/h2*7-9,11-12H,3-6,15H2,1-2H3/t2*11-,12-/m11/s1. The fourth-order valence-electron chi connectivity index (χ4n) is 5.31. The minimum absolute atomic E-state index is 0.279. The Morgan fingerprint density at radius 2 is 0.882 bits per heavy atom. The van der Waals surface area contributed by atoms with Crippen molar-refractivity contribution in [3.8, 4) is 23.0 Å². The Kier molecular flexibility index (Phi) is 9.90. The quantitative estimate of drug-likeness (QED) is 0.589. The van der Waals surface area contributed by atoms with Crippen LogP contribution in [0.4, 0.5) is 0 Å². The zero-order chi connectivity index (χ0) is 24.5. The highest BCUT2D eigenvalue weighted by Crippen LogP contribution is 2.37. The topological polar surface area (TPSA) is 89.0 Å². The van der Waals surface area contributed by atoms with Gasteiger partial charge in [-0.3, -0.25) is 0 Å². The molecule has 0 heterocycles. The van der Waals surface area contributed by atoms with Crippen LogP contribution in [0.2, 0.25) is 0 Å². The van der Waals surface area contributed by atoms with Gasteiger partial charge in [-0.15, -0.1) is 0 Å². The predicted octanol–water partition coefficient (Wildman–Crippen LogP) is 5.38. The van der Waals surface area contributed by atoms with Crippen LogP contribution in [0.5, 0.6) is 23.0 Å². The van der Waals surface area contributed by atoms with Crippen molar-refractivity contribution in [2.24, 2.45) is 11.5 Å². The molecular weight excluding hydrogens is 428 g/mol. The maximum atomic E-state index is 6.20. The number of benzene rings is 2. The second-order valence-corrected chi connectivity index (χ2v) is 9.34. The molecule has 34 heavy (non-hydrogen) atoms. The van der Waals surface area contributed by atoms with Gasteiger partial charge in [0.1, 0.15) is 0 Å². The van der Waals surface area contributed by atoms with Crippen LogP contribution in [-0.4, -0.2) is 40.5 Å². The summed E-state index contributed by atoms with van der Waals surface area (Å²) in [6, 6.07) is 12.8. The Labute approximate surface area is 204 Å². The Morgan fingerprint density at radius 1 is 0.529 bits per heavy atom. The van der Waals surface area contributed by atoms with Gasteiger partial charge in [-0.25, -0.2) is 0 Å². The highest BCUT2D eigenvalue weighted by Gasteiger charge is 2.25. The molecule has 0 amide bonds. The van der Waals surface area contributed by atoms with E-state index in [2.05, 4.69) is 24.3 Å². The summed E-state index contributed by atoms with van der Waals surface area (Å²) in [6.07, 6.45) is 9.65. The van der Waals surface area contributed by atoms with E-state index in [-0.39, 0.29) is 12.1 Å². The van der Waals surface area contributed by atoms with Gasteiger partial charge in [-0.2, -0.15) is 0 Å². The van der Waals surface area contributed by atoms with Gasteiger partial charge in [-0.05, 0) is 72.9 Å². The Balaban J connectivity index is 0.000000191. The number of hydrogen-bond donors (Lipinski definition) is 2. The monoisotopic (exact) mass is 470 g/mol. The molecule has 0 bridgehead atoms. The number of ether oxygens (including phenoxy) is 4. The first-order chi connectivity index (χ1) is 16.5. The van der Waals surface area contributed by atoms with E-state index in [4.69, 9.17) is 30.4 Å². The average Bonchev–Trinajstić information content (AvgIpc) is 2.88. The normalized spacial score (nSPS) is 24.4. The second kappa shape index (κ2) is 12.9. The molecule has 2 aromatic carbocycles. The smallest absolute Gasteiger partial charge is 0.160 e. The van der Waals surface area contributed by atoms with E-state index in [1.807, 2.05) is 12.1 Å². The molecule has 6 heteroatoms. The molecule has 0 aromatic heterocycles. The molecule has 0 aliphatic heterocycles. The summed E-state index contributed by atoms with van der Waals surface area (Å²) in [4.78, 5) is 0. The lowest BCUT2D eigenvalue weighted by Crippen LogP contribution is -2.31. The molecule has 0 saturated heterocycles. The van der Waals surface area contributed by atoms with Gasteiger partial charge < -0.3 is 30.4 Å². The summed E-state index contributed by atoms with van der Waals surface area (Å²) in [6.45, 7) is 0. The molecule has 2 aromatic rings. The van der Waals surface area contributed by atoms with Crippen molar-refractivity contribution >= 4 is 0 Å². The van der Waals surface area contributed by atoms with E-state index >= 15 is 0 Å². The summed E-state index contributed by atoms with van der Waals surface area (Å²) in [5.74, 6) is 4.07. The maximum Gasteiger partial charge on any atom is 0.160 e. The molecule has 0 radical (unpaired) electrons. The van der Waals surface area contributed by atoms with Crippen molar-refractivity contribution < 1.29 is 18.9 Å². The summed E-state index contributed by atoms with van der Waals surface area (Å²) < 4.78 is 21.2. The van der Waals surface area contributed by atoms with Gasteiger partial charge in [0.05, 0.1) is 28.4 Å². The minimum Gasteiger partial charge on any atom is -0.493 e. The molecule has 2 aliphatic rings. The van der Waals surface area contributed by atoms with Gasteiger partial charge >= 0.3 is 0 Å². The molecule has 4 atom stereocenters. The minimum atomic E-state index is 0.279. The van der Waals surface area contributed by atoms with Crippen LogP contribution >= 0.6 is 0 Å². The van der Waals surface area contributed by atoms with Crippen LogP contribution in [-0.2, 0) is 0 Å². The van der Waals surface area contributed by atoms with Gasteiger partial charge in [0, 0.05) is 12.1 Å². The summed E-state index contributed by atoms with van der Waals surface area (Å²) in [5, 5.41) is 0. The van der Waals surface area contributed by atoms with E-state index in [1.54, 1.807) is 28.4 Å². The molecule has 0 unspecified atom stereocenters. The molecule has 2 saturated carbocycles. The summed E-state index contributed by atoms with van der Waals surface area (Å²) in [7, 11) is 6.65. The summed E-state index contributed by atoms with van der Waals surface area (Å²) >= 11 is 0. The van der Waals surface area contributed by atoms with E-state index in [1.165, 1.54) is 49.7 Å². The maximum absolute atomic E-state index is 6.20. The largest absolute Gasteiger partial charge is 0.493 e. The molecule has 6 nitrogen and oxygen atoms in total. The second-order valence-electron chi connectivity index (χ2n) is 9.34. The van der Waals surface area contributed by atoms with Gasteiger partial charge in [0.25, 0.3) is 0 Å². The molecule has 2 aliphatic carbocycles. The average molecular weight is 471 g/mol. The fraction of sp³-hybridized carbons (Fsp3) is 0.571. The third-order valence-electron chi connectivity index (χ3n) is 7.31. The zero-order valence-electron chi connectivity index (χ0n) is 21.2. The lowest BCUT2D eigenvalue weighted by Gasteiger charge is -2.29. The van der Waals surface area contributed by atoms with Crippen LogP contribution in [0.1, 0.15) is 74.3 Å². The SMILES string of the molecule is COc1ccc([C@H]2CCCC[C@H]2N)cc1OC.COc1ccc([C@H]2CCCC[C@H]2N)cc1OC. The van der Waals surface area contributed by atoms with Crippen molar-refractivity contribution in [1.29, 1.82) is 0 Å². The molecular formula is C28H42N2O4. The van der Waals surface area contributed by atoms with E-state index in [0.717, 1.165) is 35.8 Å². The fourth-order valence-corrected chi connectivity index (χ4v) is 5.31. The van der Waals surface area contributed by atoms with E-state index in [9.17, 15) is 0 Å². The number of methoxy groups -OCH3 is 4. The number of hydrogen-bond acceptors (Lipinski definition) is 6. The number of nitrogens with two attached hydrogens (primary N) is 2. The Morgan fingerprint density at radius 3 is 1.21 bits per heavy atom. The van der Waals surface area contributed by atoms with Crippen LogP contribution in [0.3, 0.4) is 0 Å². The van der Waals surface area contributed by atoms with Crippen LogP contribution in [0, 0.1) is 0 Å². The first-order valence-corrected chi connectivity index (χ1v) is 12.5. The molecule has 4 rings (SSSR count). The Bertz CT molecular complexity index is 830. The van der Waals surface area contributed by atoms with Crippen molar-refractivity contribution in [3.05, 3.63) is 47.5 Å². The first-order valence-electron chi connectivity index (χ1n) is 12.5. The molecule has 2 fully saturated rings. The summed E-state index contributed by atoms with van der Waals surface area (Å²) in [5.41, 5.74) is 14.9. The van der Waals surface area contributed by atoms with Gasteiger partial charge in [0.2, 0.25) is 0 Å². The first kappa shape index (κ1) is 26.2. The highest BCUT2D eigenvalue weighted by atomic mass is 16.5. The highest BCUT2D eigenvalue weighted by molar-refractivity contribution is 5.45. The lowest BCUT2D eigenvalue weighted by atomic mass is 9.80. The Hall–Kier alpha value is -2.44.